The Hall–Kier alpha value is -4.09. The Morgan fingerprint density at radius 1 is 0.925 bits per heavy atom. The molecule has 212 valence electrons. The van der Waals surface area contributed by atoms with Gasteiger partial charge in [-0.1, -0.05) is 49.4 Å². The maximum absolute atomic E-state index is 13.9. The van der Waals surface area contributed by atoms with Crippen LogP contribution in [0.5, 0.6) is 0 Å². The van der Waals surface area contributed by atoms with Gasteiger partial charge >= 0.3 is 5.69 Å². The Balaban J connectivity index is 1.82. The molecule has 0 bridgehead atoms. The van der Waals surface area contributed by atoms with Crippen molar-refractivity contribution in [3.63, 3.8) is 0 Å². The molecule has 0 unspecified atom stereocenters. The molecular formula is C29H37N7O4. The van der Waals surface area contributed by atoms with E-state index in [-0.39, 0.29) is 23.5 Å². The standard InChI is InChI=1S/C29H37N7O4/c1-4-30-16-20-33-25(21-23-9-6-5-7-10-23)31-27-26(33)28(37)35(18-8-17-32(2)3)29(38)34(27)19-15-22-11-13-24(14-12-22)36(39)40/h5-7,9-14,30H,4,8,15-21H2,1-3H3. The lowest BCUT2D eigenvalue weighted by Gasteiger charge is -2.14. The van der Waals surface area contributed by atoms with E-state index in [0.29, 0.717) is 50.1 Å². The molecule has 1 N–H and O–H groups in total. The lowest BCUT2D eigenvalue weighted by Crippen LogP contribution is -2.41. The first-order valence-electron chi connectivity index (χ1n) is 13.7. The first kappa shape index (κ1) is 28.9. The molecule has 0 saturated carbocycles. The number of benzene rings is 2. The molecule has 0 radical (unpaired) electrons. The van der Waals surface area contributed by atoms with Crippen LogP contribution in [-0.4, -0.2) is 62.2 Å². The molecule has 11 nitrogen and oxygen atoms in total. The summed E-state index contributed by atoms with van der Waals surface area (Å²) in [5.74, 6) is 0.728. The maximum atomic E-state index is 13.9. The Morgan fingerprint density at radius 3 is 2.30 bits per heavy atom. The molecular weight excluding hydrogens is 510 g/mol. The third-order valence-electron chi connectivity index (χ3n) is 6.92. The number of non-ortho nitro benzene ring substituents is 1. The number of imidazole rings is 1. The van der Waals surface area contributed by atoms with E-state index in [9.17, 15) is 19.7 Å². The molecule has 11 heteroatoms. The number of nitrogens with one attached hydrogen (secondary N) is 1. The van der Waals surface area contributed by atoms with E-state index in [4.69, 9.17) is 4.98 Å². The minimum absolute atomic E-state index is 0.0164. The highest BCUT2D eigenvalue weighted by Crippen LogP contribution is 2.17. The van der Waals surface area contributed by atoms with Crippen LogP contribution in [0.15, 0.2) is 64.2 Å². The number of likely N-dealkylation sites (N-methyl/N-ethyl adjacent to an activating group) is 1. The number of hydrogen-bond acceptors (Lipinski definition) is 7. The fourth-order valence-corrected chi connectivity index (χ4v) is 4.83. The monoisotopic (exact) mass is 547 g/mol. The van der Waals surface area contributed by atoms with Crippen LogP contribution in [-0.2, 0) is 32.5 Å². The second-order valence-corrected chi connectivity index (χ2v) is 10.1. The Morgan fingerprint density at radius 2 is 1.65 bits per heavy atom. The summed E-state index contributed by atoms with van der Waals surface area (Å²) in [7, 11) is 3.92. The second kappa shape index (κ2) is 13.3. The fraction of sp³-hybridized carbons (Fsp3) is 0.414. The lowest BCUT2D eigenvalue weighted by atomic mass is 10.1. The summed E-state index contributed by atoms with van der Waals surface area (Å²) in [6, 6.07) is 16.3. The van der Waals surface area contributed by atoms with Gasteiger partial charge in [-0.15, -0.1) is 0 Å². The van der Waals surface area contributed by atoms with Crippen molar-refractivity contribution in [2.24, 2.45) is 0 Å². The Bertz CT molecular complexity index is 1550. The van der Waals surface area contributed by atoms with Gasteiger partial charge in [-0.2, -0.15) is 0 Å². The zero-order valence-electron chi connectivity index (χ0n) is 23.4. The summed E-state index contributed by atoms with van der Waals surface area (Å²) in [6.45, 7) is 5.36. The lowest BCUT2D eigenvalue weighted by molar-refractivity contribution is -0.384. The number of nitrogens with zero attached hydrogens (tertiary/aromatic N) is 6. The van der Waals surface area contributed by atoms with Crippen molar-refractivity contribution >= 4 is 16.9 Å². The normalized spacial score (nSPS) is 11.5. The van der Waals surface area contributed by atoms with Crippen LogP contribution in [0.1, 0.15) is 30.3 Å². The van der Waals surface area contributed by atoms with Crippen molar-refractivity contribution in [1.82, 2.24) is 28.9 Å². The average Bonchev–Trinajstić information content (AvgIpc) is 3.29. The zero-order chi connectivity index (χ0) is 28.6. The van der Waals surface area contributed by atoms with Crippen LogP contribution in [0, 0.1) is 10.1 Å². The highest BCUT2D eigenvalue weighted by atomic mass is 16.6. The van der Waals surface area contributed by atoms with E-state index in [2.05, 4.69) is 5.32 Å². The van der Waals surface area contributed by atoms with Gasteiger partial charge in [-0.05, 0) is 51.2 Å². The van der Waals surface area contributed by atoms with Crippen LogP contribution in [0.3, 0.4) is 0 Å². The molecule has 0 aliphatic carbocycles. The zero-order valence-corrected chi connectivity index (χ0v) is 23.4. The maximum Gasteiger partial charge on any atom is 0.332 e. The van der Waals surface area contributed by atoms with Crippen LogP contribution >= 0.6 is 0 Å². The molecule has 2 aromatic carbocycles. The Kier molecular flexibility index (Phi) is 9.62. The fourth-order valence-electron chi connectivity index (χ4n) is 4.83. The Labute approximate surface area is 232 Å². The van der Waals surface area contributed by atoms with Crippen molar-refractivity contribution in [2.75, 3.05) is 33.7 Å². The number of rotatable bonds is 14. The predicted molar refractivity (Wildman–Crippen MR) is 156 cm³/mol. The number of nitro benzene ring substituents is 1. The van der Waals surface area contributed by atoms with Gasteiger partial charge in [0.1, 0.15) is 5.82 Å². The van der Waals surface area contributed by atoms with Crippen molar-refractivity contribution in [1.29, 1.82) is 0 Å². The number of hydrogen-bond donors (Lipinski definition) is 1. The van der Waals surface area contributed by atoms with Gasteiger partial charge in [0.05, 0.1) is 4.92 Å². The number of fused-ring (bicyclic) bond motifs is 1. The van der Waals surface area contributed by atoms with Gasteiger partial charge in [-0.25, -0.2) is 9.78 Å². The molecule has 0 aliphatic rings. The SMILES string of the molecule is CCNCCn1c(Cc2ccccc2)nc2c1c(=O)n(CCCN(C)C)c(=O)n2CCc1ccc([N+](=O)[O-])cc1. The van der Waals surface area contributed by atoms with E-state index in [1.54, 1.807) is 16.7 Å². The molecule has 2 aromatic heterocycles. The topological polar surface area (TPSA) is 120 Å². The molecule has 40 heavy (non-hydrogen) atoms. The van der Waals surface area contributed by atoms with Crippen molar-refractivity contribution in [3.05, 3.63) is 103 Å². The van der Waals surface area contributed by atoms with Gasteiger partial charge in [-0.3, -0.25) is 24.0 Å². The second-order valence-electron chi connectivity index (χ2n) is 10.1. The molecule has 4 aromatic rings. The first-order valence-corrected chi connectivity index (χ1v) is 13.7. The quantitative estimate of drug-likeness (QED) is 0.146. The van der Waals surface area contributed by atoms with Gasteiger partial charge in [0, 0.05) is 44.7 Å². The van der Waals surface area contributed by atoms with E-state index >= 15 is 0 Å². The smallest absolute Gasteiger partial charge is 0.321 e. The van der Waals surface area contributed by atoms with Crippen molar-refractivity contribution in [3.8, 4) is 0 Å². The minimum atomic E-state index is -0.435. The number of aryl methyl sites for hydroxylation is 2. The van der Waals surface area contributed by atoms with Crippen LogP contribution in [0.4, 0.5) is 5.69 Å². The largest absolute Gasteiger partial charge is 0.332 e. The van der Waals surface area contributed by atoms with Crippen molar-refractivity contribution in [2.45, 2.75) is 45.8 Å². The third kappa shape index (κ3) is 6.72. The van der Waals surface area contributed by atoms with Crippen LogP contribution < -0.4 is 16.6 Å². The van der Waals surface area contributed by atoms with Crippen LogP contribution in [0.25, 0.3) is 11.2 Å². The molecule has 0 fully saturated rings. The predicted octanol–water partition coefficient (Wildman–Crippen LogP) is 2.66. The average molecular weight is 548 g/mol. The molecule has 2 heterocycles. The summed E-state index contributed by atoms with van der Waals surface area (Å²) >= 11 is 0. The van der Waals surface area contributed by atoms with Gasteiger partial charge in [0.25, 0.3) is 11.2 Å². The minimum Gasteiger partial charge on any atom is -0.321 e. The summed E-state index contributed by atoms with van der Waals surface area (Å²) in [5.41, 5.74) is 2.03. The van der Waals surface area contributed by atoms with Gasteiger partial charge < -0.3 is 14.8 Å². The molecule has 0 spiro atoms. The molecule has 0 aliphatic heterocycles. The van der Waals surface area contributed by atoms with Crippen LogP contribution in [0.2, 0.25) is 0 Å². The third-order valence-corrected chi connectivity index (χ3v) is 6.92. The van der Waals surface area contributed by atoms with Gasteiger partial charge in [0.2, 0.25) is 0 Å². The highest BCUT2D eigenvalue weighted by molar-refractivity contribution is 5.71. The molecule has 4 rings (SSSR count). The first-order chi connectivity index (χ1) is 19.3. The van der Waals surface area contributed by atoms with E-state index in [0.717, 1.165) is 30.0 Å². The summed E-state index contributed by atoms with van der Waals surface area (Å²) in [4.78, 5) is 45.1. The summed E-state index contributed by atoms with van der Waals surface area (Å²) < 4.78 is 4.88. The molecule has 0 saturated heterocycles. The van der Waals surface area contributed by atoms with E-state index in [1.807, 2.05) is 60.8 Å². The van der Waals surface area contributed by atoms with Gasteiger partial charge in [0.15, 0.2) is 11.2 Å². The van der Waals surface area contributed by atoms with E-state index < -0.39 is 4.92 Å². The number of nitro groups is 1. The van der Waals surface area contributed by atoms with E-state index in [1.165, 1.54) is 16.7 Å². The number of aromatic nitrogens is 4. The highest BCUT2D eigenvalue weighted by Gasteiger charge is 2.22. The molecule has 0 amide bonds. The molecule has 0 atom stereocenters. The van der Waals surface area contributed by atoms with Crippen molar-refractivity contribution < 1.29 is 4.92 Å². The summed E-state index contributed by atoms with van der Waals surface area (Å²) in [5, 5.41) is 14.4. The summed E-state index contributed by atoms with van der Waals surface area (Å²) in [6.07, 6.45) is 1.64.